The van der Waals surface area contributed by atoms with Crippen LogP contribution in [-0.2, 0) is 13.0 Å². The molecular weight excluding hydrogens is 497 g/mol. The second-order valence-electron chi connectivity index (χ2n) is 8.49. The van der Waals surface area contributed by atoms with Crippen molar-refractivity contribution in [2.24, 2.45) is 16.8 Å². The normalized spacial score (nSPS) is 20.4. The first-order valence-electron chi connectivity index (χ1n) is 10.5. The second kappa shape index (κ2) is 13.0. The maximum Gasteiger partial charge on any atom is 0.191 e. The number of aromatic nitrogens is 3. The highest BCUT2D eigenvalue weighted by atomic mass is 127. The molecule has 7 nitrogen and oxygen atoms in total. The molecule has 2 rings (SSSR count). The van der Waals surface area contributed by atoms with E-state index < -0.39 is 0 Å². The number of likely N-dealkylation sites (tertiary alicyclic amines) is 1. The average molecular weight is 538 g/mol. The van der Waals surface area contributed by atoms with Gasteiger partial charge < -0.3 is 15.2 Å². The Morgan fingerprint density at radius 1 is 1.24 bits per heavy atom. The molecule has 0 aliphatic carbocycles. The minimum atomic E-state index is 0. The number of thioether (sulfide) groups is 1. The predicted octanol–water partition coefficient (Wildman–Crippen LogP) is 3.10. The first-order valence-corrected chi connectivity index (χ1v) is 11.7. The van der Waals surface area contributed by atoms with Crippen LogP contribution in [0.3, 0.4) is 0 Å². The Morgan fingerprint density at radius 3 is 2.52 bits per heavy atom. The van der Waals surface area contributed by atoms with E-state index in [1.165, 1.54) is 0 Å². The molecule has 0 saturated carbocycles. The molecule has 1 fully saturated rings. The minimum absolute atomic E-state index is 0. The molecule has 0 aromatic carbocycles. The number of aliphatic imine (C=N–C) groups is 1. The molecule has 2 heterocycles. The molecule has 2 atom stereocenters. The topological polar surface area (TPSA) is 70.4 Å². The predicted molar refractivity (Wildman–Crippen MR) is 135 cm³/mol. The molecule has 168 valence electrons. The van der Waals surface area contributed by atoms with Crippen LogP contribution in [0.1, 0.15) is 46.9 Å². The molecule has 1 saturated heterocycles. The summed E-state index contributed by atoms with van der Waals surface area (Å²) in [6.45, 7) is 15.4. The zero-order valence-electron chi connectivity index (χ0n) is 19.1. The number of aryl methyl sites for hydroxylation is 1. The quantitative estimate of drug-likeness (QED) is 0.166. The summed E-state index contributed by atoms with van der Waals surface area (Å²) in [6.07, 6.45) is 3.99. The lowest BCUT2D eigenvalue weighted by Crippen LogP contribution is -2.47. The zero-order chi connectivity index (χ0) is 20.7. The van der Waals surface area contributed by atoms with Gasteiger partial charge in [0.25, 0.3) is 0 Å². The molecule has 0 spiro atoms. The molecule has 0 radical (unpaired) electrons. The smallest absolute Gasteiger partial charge is 0.191 e. The molecule has 1 aromatic heterocycles. The summed E-state index contributed by atoms with van der Waals surface area (Å²) < 4.78 is 2.27. The van der Waals surface area contributed by atoms with Crippen LogP contribution in [0, 0.1) is 11.8 Å². The lowest BCUT2D eigenvalue weighted by molar-refractivity contribution is 0.265. The molecular formula is C20H40IN7S. The standard InChI is InChI=1S/C20H39N7S.HI/c1-14(2)11-27-18(24-25-20(27)28-7)9-8-10-22-19(21-6)23-17-13-26(15(3)4)12-16(17)5;/h14-17H,8-13H2,1-7H3,(H2,21,22,23);1H. The van der Waals surface area contributed by atoms with Crippen molar-refractivity contribution in [2.45, 2.75) is 71.2 Å². The monoisotopic (exact) mass is 537 g/mol. The Bertz CT molecular complexity index is 632. The van der Waals surface area contributed by atoms with Gasteiger partial charge in [-0.3, -0.25) is 9.89 Å². The summed E-state index contributed by atoms with van der Waals surface area (Å²) in [6, 6.07) is 1.05. The van der Waals surface area contributed by atoms with Crippen LogP contribution in [0.2, 0.25) is 0 Å². The number of nitrogens with zero attached hydrogens (tertiary/aromatic N) is 5. The summed E-state index contributed by atoms with van der Waals surface area (Å²) >= 11 is 1.67. The van der Waals surface area contributed by atoms with Crippen molar-refractivity contribution in [1.29, 1.82) is 0 Å². The van der Waals surface area contributed by atoms with Gasteiger partial charge in [-0.05, 0) is 38.4 Å². The van der Waals surface area contributed by atoms with E-state index in [0.717, 1.165) is 56.0 Å². The van der Waals surface area contributed by atoms with Crippen molar-refractivity contribution in [2.75, 3.05) is 32.9 Å². The number of hydrogen-bond donors (Lipinski definition) is 2. The van der Waals surface area contributed by atoms with Gasteiger partial charge in [0.2, 0.25) is 0 Å². The van der Waals surface area contributed by atoms with Gasteiger partial charge in [-0.2, -0.15) is 0 Å². The highest BCUT2D eigenvalue weighted by Gasteiger charge is 2.31. The number of hydrogen-bond acceptors (Lipinski definition) is 5. The number of rotatable bonds is 9. The molecule has 0 bridgehead atoms. The summed E-state index contributed by atoms with van der Waals surface area (Å²) in [4.78, 5) is 6.94. The fraction of sp³-hybridized carbons (Fsp3) is 0.850. The Labute approximate surface area is 198 Å². The third-order valence-corrected chi connectivity index (χ3v) is 5.98. The number of guanidine groups is 1. The fourth-order valence-corrected chi connectivity index (χ4v) is 4.16. The first kappa shape index (κ1) is 26.5. The van der Waals surface area contributed by atoms with E-state index in [0.29, 0.717) is 23.9 Å². The summed E-state index contributed by atoms with van der Waals surface area (Å²) in [7, 11) is 1.85. The van der Waals surface area contributed by atoms with Crippen molar-refractivity contribution in [3.8, 4) is 0 Å². The molecule has 2 unspecified atom stereocenters. The van der Waals surface area contributed by atoms with E-state index in [4.69, 9.17) is 0 Å². The van der Waals surface area contributed by atoms with E-state index >= 15 is 0 Å². The van der Waals surface area contributed by atoms with E-state index in [-0.39, 0.29) is 24.0 Å². The second-order valence-corrected chi connectivity index (χ2v) is 9.26. The van der Waals surface area contributed by atoms with Gasteiger partial charge in [0.05, 0.1) is 0 Å². The van der Waals surface area contributed by atoms with Crippen LogP contribution in [0.25, 0.3) is 0 Å². The molecule has 1 aromatic rings. The first-order chi connectivity index (χ1) is 13.3. The van der Waals surface area contributed by atoms with Crippen LogP contribution in [0.15, 0.2) is 10.1 Å². The van der Waals surface area contributed by atoms with E-state index in [1.807, 2.05) is 7.05 Å². The van der Waals surface area contributed by atoms with Gasteiger partial charge in [-0.1, -0.05) is 32.5 Å². The van der Waals surface area contributed by atoms with E-state index in [2.05, 4.69) is 76.2 Å². The minimum Gasteiger partial charge on any atom is -0.356 e. The highest BCUT2D eigenvalue weighted by Crippen LogP contribution is 2.19. The third-order valence-electron chi connectivity index (χ3n) is 5.31. The van der Waals surface area contributed by atoms with Crippen molar-refractivity contribution in [3.05, 3.63) is 5.82 Å². The Kier molecular flexibility index (Phi) is 11.9. The van der Waals surface area contributed by atoms with Gasteiger partial charge >= 0.3 is 0 Å². The van der Waals surface area contributed by atoms with Gasteiger partial charge in [0.15, 0.2) is 11.1 Å². The maximum absolute atomic E-state index is 4.41. The Hall–Kier alpha value is -0.550. The summed E-state index contributed by atoms with van der Waals surface area (Å²) in [5, 5.41) is 16.8. The Balaban J connectivity index is 0.00000420. The van der Waals surface area contributed by atoms with E-state index in [1.54, 1.807) is 11.8 Å². The van der Waals surface area contributed by atoms with Crippen molar-refractivity contribution >= 4 is 41.7 Å². The fourth-order valence-electron chi connectivity index (χ4n) is 3.64. The van der Waals surface area contributed by atoms with Gasteiger partial charge in [0.1, 0.15) is 5.82 Å². The van der Waals surface area contributed by atoms with Crippen LogP contribution in [-0.4, -0.2) is 70.6 Å². The molecule has 1 aliphatic heterocycles. The Morgan fingerprint density at radius 2 is 1.97 bits per heavy atom. The third kappa shape index (κ3) is 7.90. The molecule has 29 heavy (non-hydrogen) atoms. The molecule has 0 amide bonds. The van der Waals surface area contributed by atoms with E-state index in [9.17, 15) is 0 Å². The average Bonchev–Trinajstić information content (AvgIpc) is 3.20. The van der Waals surface area contributed by atoms with Crippen molar-refractivity contribution < 1.29 is 0 Å². The van der Waals surface area contributed by atoms with Crippen LogP contribution in [0.4, 0.5) is 0 Å². The lowest BCUT2D eigenvalue weighted by atomic mass is 10.1. The van der Waals surface area contributed by atoms with Crippen LogP contribution < -0.4 is 10.6 Å². The van der Waals surface area contributed by atoms with Gasteiger partial charge in [-0.15, -0.1) is 34.2 Å². The molecule has 1 aliphatic rings. The van der Waals surface area contributed by atoms with Crippen LogP contribution >= 0.6 is 35.7 Å². The summed E-state index contributed by atoms with van der Waals surface area (Å²) in [5.74, 6) is 3.19. The summed E-state index contributed by atoms with van der Waals surface area (Å²) in [5.41, 5.74) is 0. The highest BCUT2D eigenvalue weighted by molar-refractivity contribution is 14.0. The SMILES string of the molecule is CN=C(NCCCc1nnc(SC)n1CC(C)C)NC1CN(C(C)C)CC1C.I. The molecule has 2 N–H and O–H groups in total. The lowest BCUT2D eigenvalue weighted by Gasteiger charge is -2.22. The van der Waals surface area contributed by atoms with Gasteiger partial charge in [-0.25, -0.2) is 0 Å². The number of nitrogens with one attached hydrogen (secondary N) is 2. The van der Waals surface area contributed by atoms with Gasteiger partial charge in [0, 0.05) is 51.7 Å². The maximum atomic E-state index is 4.41. The largest absolute Gasteiger partial charge is 0.356 e. The van der Waals surface area contributed by atoms with Crippen molar-refractivity contribution in [1.82, 2.24) is 30.3 Å². The van der Waals surface area contributed by atoms with Crippen LogP contribution in [0.5, 0.6) is 0 Å². The number of halogens is 1. The molecule has 9 heteroatoms. The van der Waals surface area contributed by atoms with Crippen molar-refractivity contribution in [3.63, 3.8) is 0 Å². The zero-order valence-corrected chi connectivity index (χ0v) is 22.3.